The fraction of sp³-hybridized carbons (Fsp3) is 0.500. The van der Waals surface area contributed by atoms with Gasteiger partial charge in [0.25, 0.3) is 0 Å². The number of rotatable bonds is 3. The molecular weight excluding hydrogens is 152 g/mol. The van der Waals surface area contributed by atoms with Crippen molar-refractivity contribution in [3.63, 3.8) is 0 Å². The number of carbonyl (C=O) groups is 1. The largest absolute Gasteiger partial charge is 0.459 e. The average molecular weight is 164 g/mol. The van der Waals surface area contributed by atoms with Crippen LogP contribution in [0.4, 0.5) is 0 Å². The summed E-state index contributed by atoms with van der Waals surface area (Å²) in [6.45, 7) is 3.60. The third-order valence-electron chi connectivity index (χ3n) is 1.88. The summed E-state index contributed by atoms with van der Waals surface area (Å²) in [4.78, 5) is 10.9. The van der Waals surface area contributed by atoms with Gasteiger partial charge in [-0.05, 0) is 12.8 Å². The van der Waals surface area contributed by atoms with Gasteiger partial charge in [-0.2, -0.15) is 0 Å². The van der Waals surface area contributed by atoms with Gasteiger partial charge < -0.3 is 4.74 Å². The molecule has 2 heteroatoms. The van der Waals surface area contributed by atoms with E-state index in [4.69, 9.17) is 11.2 Å². The number of terminal acetylenes is 1. The van der Waals surface area contributed by atoms with Crippen LogP contribution in [0.3, 0.4) is 0 Å². The molecule has 64 valence electrons. The first-order chi connectivity index (χ1) is 5.74. The van der Waals surface area contributed by atoms with Crippen molar-refractivity contribution in [2.24, 2.45) is 0 Å². The molecule has 0 spiro atoms. The molecule has 1 unspecified atom stereocenters. The Morgan fingerprint density at radius 2 is 2.50 bits per heavy atom. The second-order valence-corrected chi connectivity index (χ2v) is 2.93. The lowest BCUT2D eigenvalue weighted by Crippen LogP contribution is -2.05. The number of hydrogen-bond donors (Lipinski definition) is 0. The summed E-state index contributed by atoms with van der Waals surface area (Å²) in [5.74, 6) is 2.30. The highest BCUT2D eigenvalue weighted by Gasteiger charge is 2.26. The third-order valence-corrected chi connectivity index (χ3v) is 1.88. The van der Waals surface area contributed by atoms with Crippen molar-refractivity contribution in [2.45, 2.75) is 31.8 Å². The van der Waals surface area contributed by atoms with Crippen molar-refractivity contribution in [2.75, 3.05) is 0 Å². The second-order valence-electron chi connectivity index (χ2n) is 2.93. The second kappa shape index (κ2) is 3.96. The van der Waals surface area contributed by atoms with Crippen LogP contribution >= 0.6 is 0 Å². The van der Waals surface area contributed by atoms with E-state index in [-0.39, 0.29) is 12.1 Å². The lowest BCUT2D eigenvalue weighted by atomic mass is 10.1. The van der Waals surface area contributed by atoms with E-state index in [1.54, 1.807) is 0 Å². The van der Waals surface area contributed by atoms with Crippen LogP contribution in [0.2, 0.25) is 0 Å². The Balaban J connectivity index is 2.24. The minimum atomic E-state index is -0.249. The lowest BCUT2D eigenvalue weighted by Gasteiger charge is -2.05. The predicted molar refractivity (Wildman–Crippen MR) is 46.3 cm³/mol. The Morgan fingerprint density at radius 3 is 3.00 bits per heavy atom. The Bertz CT molecular complexity index is 219. The normalized spacial score (nSPS) is 22.1. The maximum absolute atomic E-state index is 10.9. The molecule has 2 nitrogen and oxygen atoms in total. The molecule has 1 heterocycles. The molecule has 1 fully saturated rings. The topological polar surface area (TPSA) is 26.3 Å². The first-order valence-electron chi connectivity index (χ1n) is 4.06. The maximum Gasteiger partial charge on any atom is 0.333 e. The number of hydrogen-bond acceptors (Lipinski definition) is 2. The Labute approximate surface area is 72.6 Å². The molecule has 0 bridgehead atoms. The summed E-state index contributed by atoms with van der Waals surface area (Å²) in [6, 6.07) is 0. The van der Waals surface area contributed by atoms with Gasteiger partial charge in [-0.25, -0.2) is 4.79 Å². The Kier molecular flexibility index (Phi) is 2.93. The highest BCUT2D eigenvalue weighted by atomic mass is 16.5. The highest BCUT2D eigenvalue weighted by Crippen LogP contribution is 2.22. The molecule has 0 aromatic rings. The number of unbranched alkanes of at least 4 members (excludes halogenated alkanes) is 1. The molecule has 1 saturated heterocycles. The number of esters is 1. The van der Waals surface area contributed by atoms with Crippen LogP contribution in [0, 0.1) is 12.3 Å². The predicted octanol–water partition coefficient (Wildman–Crippen LogP) is 1.66. The van der Waals surface area contributed by atoms with E-state index >= 15 is 0 Å². The van der Waals surface area contributed by atoms with Crippen molar-refractivity contribution in [1.29, 1.82) is 0 Å². The summed E-state index contributed by atoms with van der Waals surface area (Å²) in [7, 11) is 0. The van der Waals surface area contributed by atoms with Crippen molar-refractivity contribution < 1.29 is 9.53 Å². The van der Waals surface area contributed by atoms with Gasteiger partial charge in [0.2, 0.25) is 0 Å². The monoisotopic (exact) mass is 164 g/mol. The van der Waals surface area contributed by atoms with E-state index in [2.05, 4.69) is 12.5 Å². The zero-order valence-electron chi connectivity index (χ0n) is 7.01. The van der Waals surface area contributed by atoms with Crippen LogP contribution in [0.5, 0.6) is 0 Å². The molecular formula is C10H12O2. The number of cyclic esters (lactones) is 1. The maximum atomic E-state index is 10.9. The highest BCUT2D eigenvalue weighted by molar-refractivity contribution is 5.89. The SMILES string of the molecule is C#CCCCC1CC(=C)C(=O)O1. The standard InChI is InChI=1S/C10H12O2/c1-3-4-5-6-9-7-8(2)10(11)12-9/h1,9H,2,4-7H2. The molecule has 1 atom stereocenters. The molecule has 1 rings (SSSR count). The van der Waals surface area contributed by atoms with Gasteiger partial charge in [0.05, 0.1) is 0 Å². The smallest absolute Gasteiger partial charge is 0.333 e. The minimum Gasteiger partial charge on any atom is -0.459 e. The van der Waals surface area contributed by atoms with Crippen LogP contribution < -0.4 is 0 Å². The molecule has 1 aliphatic heterocycles. The molecule has 0 aromatic heterocycles. The van der Waals surface area contributed by atoms with Gasteiger partial charge in [-0.1, -0.05) is 6.58 Å². The molecule has 0 aromatic carbocycles. The summed E-state index contributed by atoms with van der Waals surface area (Å²) in [5.41, 5.74) is 0.584. The van der Waals surface area contributed by atoms with E-state index in [0.717, 1.165) is 19.3 Å². The van der Waals surface area contributed by atoms with Crippen LogP contribution in [-0.4, -0.2) is 12.1 Å². The van der Waals surface area contributed by atoms with E-state index in [1.807, 2.05) is 0 Å². The van der Waals surface area contributed by atoms with Crippen LogP contribution in [0.15, 0.2) is 12.2 Å². The summed E-state index contributed by atoms with van der Waals surface area (Å²) >= 11 is 0. The minimum absolute atomic E-state index is 0.0262. The molecule has 0 amide bonds. The first-order valence-corrected chi connectivity index (χ1v) is 4.06. The lowest BCUT2D eigenvalue weighted by molar-refractivity contribution is -0.139. The molecule has 0 aliphatic carbocycles. The molecule has 12 heavy (non-hydrogen) atoms. The van der Waals surface area contributed by atoms with Gasteiger partial charge >= 0.3 is 5.97 Å². The van der Waals surface area contributed by atoms with E-state index in [1.165, 1.54) is 0 Å². The molecule has 0 radical (unpaired) electrons. The first kappa shape index (κ1) is 8.86. The zero-order valence-corrected chi connectivity index (χ0v) is 7.01. The van der Waals surface area contributed by atoms with Crippen molar-refractivity contribution in [3.05, 3.63) is 12.2 Å². The van der Waals surface area contributed by atoms with Gasteiger partial charge in [-0.15, -0.1) is 12.3 Å². The van der Waals surface area contributed by atoms with Crippen molar-refractivity contribution in [3.8, 4) is 12.3 Å². The van der Waals surface area contributed by atoms with Crippen LogP contribution in [0.1, 0.15) is 25.7 Å². The summed E-state index contributed by atoms with van der Waals surface area (Å²) in [6.07, 6.45) is 8.31. The van der Waals surface area contributed by atoms with Crippen molar-refractivity contribution in [1.82, 2.24) is 0 Å². The average Bonchev–Trinajstić information content (AvgIpc) is 2.32. The summed E-state index contributed by atoms with van der Waals surface area (Å²) in [5, 5.41) is 0. The number of carbonyl (C=O) groups excluding carboxylic acids is 1. The van der Waals surface area contributed by atoms with Crippen LogP contribution in [-0.2, 0) is 9.53 Å². The van der Waals surface area contributed by atoms with E-state index in [0.29, 0.717) is 12.0 Å². The quantitative estimate of drug-likeness (QED) is 0.274. The Morgan fingerprint density at radius 1 is 1.75 bits per heavy atom. The van der Waals surface area contributed by atoms with Gasteiger partial charge in [0.15, 0.2) is 0 Å². The fourth-order valence-electron chi connectivity index (χ4n) is 1.23. The van der Waals surface area contributed by atoms with Gasteiger partial charge in [0, 0.05) is 18.4 Å². The molecule has 0 saturated carbocycles. The van der Waals surface area contributed by atoms with E-state index < -0.39 is 0 Å². The Hall–Kier alpha value is -1.23. The fourth-order valence-corrected chi connectivity index (χ4v) is 1.23. The van der Waals surface area contributed by atoms with Gasteiger partial charge in [-0.3, -0.25) is 0 Å². The van der Waals surface area contributed by atoms with Crippen molar-refractivity contribution >= 4 is 5.97 Å². The summed E-state index contributed by atoms with van der Waals surface area (Å²) < 4.78 is 5.01. The number of ether oxygens (including phenoxy) is 1. The van der Waals surface area contributed by atoms with Crippen LogP contribution in [0.25, 0.3) is 0 Å². The van der Waals surface area contributed by atoms with Gasteiger partial charge in [0.1, 0.15) is 6.10 Å². The molecule has 1 aliphatic rings. The molecule has 0 N–H and O–H groups in total. The zero-order chi connectivity index (χ0) is 8.97. The third kappa shape index (κ3) is 2.13. The van der Waals surface area contributed by atoms with E-state index in [9.17, 15) is 4.79 Å².